The average molecular weight is 276 g/mol. The SMILES string of the molecule is CCC(C#N)S(=O)(=O)N1CC(OC)CC1C(=O)O. The lowest BCUT2D eigenvalue weighted by atomic mass is 10.2. The number of carboxylic acid groups (broad SMARTS) is 1. The standard InChI is InChI=1S/C10H16N2O5S/c1-3-8(5-11)18(15,16)12-6-7(17-2)4-9(12)10(13)14/h7-9H,3-4,6H2,1-2H3,(H,13,14). The second-order valence-corrected chi connectivity index (χ2v) is 6.16. The maximum absolute atomic E-state index is 12.2. The van der Waals surface area contributed by atoms with Crippen LogP contribution < -0.4 is 0 Å². The maximum atomic E-state index is 12.2. The van der Waals surface area contributed by atoms with Crippen molar-refractivity contribution in [3.63, 3.8) is 0 Å². The fraction of sp³-hybridized carbons (Fsp3) is 0.800. The molecule has 3 atom stereocenters. The van der Waals surface area contributed by atoms with Gasteiger partial charge in [0, 0.05) is 20.1 Å². The van der Waals surface area contributed by atoms with Gasteiger partial charge in [-0.1, -0.05) is 6.92 Å². The van der Waals surface area contributed by atoms with Crippen molar-refractivity contribution in [3.05, 3.63) is 0 Å². The molecule has 0 saturated carbocycles. The summed E-state index contributed by atoms with van der Waals surface area (Å²) in [5.74, 6) is -1.22. The van der Waals surface area contributed by atoms with Crippen LogP contribution in [0.5, 0.6) is 0 Å². The Labute approximate surface area is 106 Å². The first-order chi connectivity index (χ1) is 8.38. The van der Waals surface area contributed by atoms with Crippen molar-refractivity contribution in [2.75, 3.05) is 13.7 Å². The molecule has 0 aromatic carbocycles. The zero-order valence-corrected chi connectivity index (χ0v) is 11.1. The van der Waals surface area contributed by atoms with Gasteiger partial charge in [0.15, 0.2) is 5.25 Å². The zero-order valence-electron chi connectivity index (χ0n) is 10.2. The zero-order chi connectivity index (χ0) is 13.9. The first-order valence-electron chi connectivity index (χ1n) is 5.54. The third-order valence-electron chi connectivity index (χ3n) is 3.04. The van der Waals surface area contributed by atoms with Gasteiger partial charge in [-0.15, -0.1) is 0 Å². The Kier molecular flexibility index (Phi) is 4.67. The smallest absolute Gasteiger partial charge is 0.322 e. The average Bonchev–Trinajstić information content (AvgIpc) is 2.75. The summed E-state index contributed by atoms with van der Waals surface area (Å²) in [6.45, 7) is 1.55. The van der Waals surface area contributed by atoms with Crippen molar-refractivity contribution in [3.8, 4) is 6.07 Å². The molecule has 1 saturated heterocycles. The van der Waals surface area contributed by atoms with Gasteiger partial charge in [0.25, 0.3) is 0 Å². The number of ether oxygens (including phenoxy) is 1. The third kappa shape index (κ3) is 2.63. The molecule has 1 heterocycles. The molecular formula is C10H16N2O5S. The Morgan fingerprint density at radius 1 is 1.67 bits per heavy atom. The Balaban J connectivity index is 3.06. The first kappa shape index (κ1) is 14.9. The topological polar surface area (TPSA) is 108 Å². The lowest BCUT2D eigenvalue weighted by molar-refractivity contribution is -0.140. The van der Waals surface area contributed by atoms with E-state index in [-0.39, 0.29) is 19.4 Å². The minimum absolute atomic E-state index is 0.0199. The molecule has 18 heavy (non-hydrogen) atoms. The molecule has 102 valence electrons. The highest BCUT2D eigenvalue weighted by Gasteiger charge is 2.46. The second kappa shape index (κ2) is 5.65. The molecule has 0 amide bonds. The van der Waals surface area contributed by atoms with Gasteiger partial charge in [0.1, 0.15) is 6.04 Å². The Morgan fingerprint density at radius 3 is 2.67 bits per heavy atom. The van der Waals surface area contributed by atoms with Gasteiger partial charge in [-0.3, -0.25) is 4.79 Å². The summed E-state index contributed by atoms with van der Waals surface area (Å²) in [6, 6.07) is 0.547. The van der Waals surface area contributed by atoms with E-state index in [2.05, 4.69) is 0 Å². The Morgan fingerprint density at radius 2 is 2.28 bits per heavy atom. The van der Waals surface area contributed by atoms with Crippen LogP contribution in [0.25, 0.3) is 0 Å². The number of hydrogen-bond donors (Lipinski definition) is 1. The lowest BCUT2D eigenvalue weighted by Crippen LogP contribution is -2.44. The van der Waals surface area contributed by atoms with Crippen molar-refractivity contribution in [2.45, 2.75) is 37.2 Å². The third-order valence-corrected chi connectivity index (χ3v) is 5.25. The summed E-state index contributed by atoms with van der Waals surface area (Å²) in [4.78, 5) is 11.1. The summed E-state index contributed by atoms with van der Waals surface area (Å²) in [6.07, 6.45) is -0.219. The molecule has 0 radical (unpaired) electrons. The molecule has 3 unspecified atom stereocenters. The number of methoxy groups -OCH3 is 1. The Hall–Kier alpha value is -1.17. The van der Waals surface area contributed by atoms with Crippen LogP contribution in [0.2, 0.25) is 0 Å². The molecule has 0 spiro atoms. The molecule has 0 aliphatic carbocycles. The highest BCUT2D eigenvalue weighted by atomic mass is 32.2. The number of nitriles is 1. The second-order valence-electron chi connectivity index (χ2n) is 4.09. The van der Waals surface area contributed by atoms with Crippen LogP contribution in [-0.4, -0.2) is 54.8 Å². The first-order valence-corrected chi connectivity index (χ1v) is 7.04. The van der Waals surface area contributed by atoms with Crippen LogP contribution in [0, 0.1) is 11.3 Å². The highest BCUT2D eigenvalue weighted by Crippen LogP contribution is 2.26. The molecule has 1 rings (SSSR count). The number of carbonyl (C=O) groups is 1. The van der Waals surface area contributed by atoms with E-state index in [9.17, 15) is 13.2 Å². The fourth-order valence-electron chi connectivity index (χ4n) is 1.98. The van der Waals surface area contributed by atoms with Gasteiger partial charge in [-0.05, 0) is 6.42 Å². The molecule has 0 aromatic rings. The van der Waals surface area contributed by atoms with E-state index in [1.807, 2.05) is 0 Å². The summed E-state index contributed by atoms with van der Waals surface area (Å²) in [7, 11) is -2.52. The predicted octanol–water partition coefficient (Wildman–Crippen LogP) is -0.208. The molecule has 8 heteroatoms. The van der Waals surface area contributed by atoms with Crippen molar-refractivity contribution in [2.24, 2.45) is 0 Å². The van der Waals surface area contributed by atoms with E-state index in [0.29, 0.717) is 0 Å². The summed E-state index contributed by atoms with van der Waals surface area (Å²) >= 11 is 0. The van der Waals surface area contributed by atoms with Crippen molar-refractivity contribution < 1.29 is 23.1 Å². The van der Waals surface area contributed by atoms with E-state index < -0.39 is 33.4 Å². The monoisotopic (exact) mass is 276 g/mol. The number of rotatable bonds is 5. The van der Waals surface area contributed by atoms with Gasteiger partial charge in [0.2, 0.25) is 10.0 Å². The van der Waals surface area contributed by atoms with E-state index in [4.69, 9.17) is 15.1 Å². The van der Waals surface area contributed by atoms with Gasteiger partial charge in [-0.25, -0.2) is 8.42 Å². The summed E-state index contributed by atoms with van der Waals surface area (Å²) in [5, 5.41) is 16.7. The van der Waals surface area contributed by atoms with E-state index >= 15 is 0 Å². The van der Waals surface area contributed by atoms with Crippen LogP contribution in [0.4, 0.5) is 0 Å². The number of nitrogens with zero attached hydrogens (tertiary/aromatic N) is 2. The molecule has 1 aliphatic heterocycles. The number of aliphatic carboxylic acids is 1. The molecule has 7 nitrogen and oxygen atoms in total. The summed E-state index contributed by atoms with van der Waals surface area (Å²) < 4.78 is 30.2. The van der Waals surface area contributed by atoms with Gasteiger partial charge in [0.05, 0.1) is 12.2 Å². The molecule has 1 aliphatic rings. The minimum Gasteiger partial charge on any atom is -0.480 e. The van der Waals surface area contributed by atoms with E-state index in [1.54, 1.807) is 13.0 Å². The normalized spacial score (nSPS) is 26.7. The number of hydrogen-bond acceptors (Lipinski definition) is 5. The van der Waals surface area contributed by atoms with Gasteiger partial charge < -0.3 is 9.84 Å². The molecular weight excluding hydrogens is 260 g/mol. The van der Waals surface area contributed by atoms with E-state index in [0.717, 1.165) is 4.31 Å². The van der Waals surface area contributed by atoms with Crippen LogP contribution in [0.1, 0.15) is 19.8 Å². The van der Waals surface area contributed by atoms with Crippen molar-refractivity contribution in [1.29, 1.82) is 5.26 Å². The molecule has 1 fully saturated rings. The Bertz CT molecular complexity index is 455. The number of carboxylic acids is 1. The molecule has 1 N–H and O–H groups in total. The van der Waals surface area contributed by atoms with E-state index in [1.165, 1.54) is 7.11 Å². The van der Waals surface area contributed by atoms with Gasteiger partial charge in [-0.2, -0.15) is 9.57 Å². The number of sulfonamides is 1. The van der Waals surface area contributed by atoms with Crippen molar-refractivity contribution in [1.82, 2.24) is 4.31 Å². The fourth-order valence-corrected chi connectivity index (χ4v) is 3.76. The van der Waals surface area contributed by atoms with Crippen molar-refractivity contribution >= 4 is 16.0 Å². The highest BCUT2D eigenvalue weighted by molar-refractivity contribution is 7.90. The summed E-state index contributed by atoms with van der Waals surface area (Å²) in [5.41, 5.74) is 0. The molecule has 0 bridgehead atoms. The maximum Gasteiger partial charge on any atom is 0.322 e. The molecule has 0 aromatic heterocycles. The minimum atomic E-state index is -3.93. The predicted molar refractivity (Wildman–Crippen MR) is 62.2 cm³/mol. The largest absolute Gasteiger partial charge is 0.480 e. The lowest BCUT2D eigenvalue weighted by Gasteiger charge is -2.22. The quantitative estimate of drug-likeness (QED) is 0.744. The van der Waals surface area contributed by atoms with Crippen LogP contribution in [0.3, 0.4) is 0 Å². The van der Waals surface area contributed by atoms with Gasteiger partial charge >= 0.3 is 5.97 Å². The van der Waals surface area contributed by atoms with Crippen LogP contribution >= 0.6 is 0 Å². The van der Waals surface area contributed by atoms with Crippen LogP contribution in [0.15, 0.2) is 0 Å². The van der Waals surface area contributed by atoms with Crippen LogP contribution in [-0.2, 0) is 19.6 Å².